The number of carbonyl (C=O) groups is 3. The summed E-state index contributed by atoms with van der Waals surface area (Å²) in [4.78, 5) is 32.9. The number of aliphatic carboxylic acids is 1. The van der Waals surface area contributed by atoms with Crippen LogP contribution in [-0.4, -0.2) is 59.5 Å². The predicted octanol–water partition coefficient (Wildman–Crippen LogP) is -1.73. The molecule has 4 atom stereocenters. The van der Waals surface area contributed by atoms with Crippen LogP contribution >= 0.6 is 0 Å². The van der Waals surface area contributed by atoms with E-state index in [1.54, 1.807) is 0 Å². The molecule has 0 aromatic rings. The minimum Gasteiger partial charge on any atom is -0.477 e. The van der Waals surface area contributed by atoms with Crippen LogP contribution in [-0.2, 0) is 23.9 Å². The van der Waals surface area contributed by atoms with Crippen molar-refractivity contribution in [1.29, 1.82) is 0 Å². The van der Waals surface area contributed by atoms with Gasteiger partial charge < -0.3 is 29.8 Å². The predicted molar refractivity (Wildman–Crippen MR) is 56.5 cm³/mol. The van der Waals surface area contributed by atoms with Gasteiger partial charge in [0.1, 0.15) is 6.10 Å². The van der Waals surface area contributed by atoms with Crippen LogP contribution in [0.15, 0.2) is 0 Å². The molecule has 1 aliphatic rings. The van der Waals surface area contributed by atoms with E-state index in [4.69, 9.17) is 14.6 Å². The molecular weight excluding hydrogens is 246 g/mol. The van der Waals surface area contributed by atoms with Crippen LogP contribution in [0.25, 0.3) is 0 Å². The lowest BCUT2D eigenvalue weighted by Gasteiger charge is -2.42. The van der Waals surface area contributed by atoms with E-state index in [-0.39, 0.29) is 0 Å². The first-order valence-electron chi connectivity index (χ1n) is 5.23. The summed E-state index contributed by atoms with van der Waals surface area (Å²) in [5.41, 5.74) is 0. The first-order valence-corrected chi connectivity index (χ1v) is 5.23. The number of hydrogen-bond acceptors (Lipinski definition) is 6. The number of rotatable bonds is 4. The number of aliphatic hydroxyl groups excluding tert-OH is 1. The molecule has 0 bridgehead atoms. The van der Waals surface area contributed by atoms with Gasteiger partial charge in [-0.05, 0) is 0 Å². The summed E-state index contributed by atoms with van der Waals surface area (Å²) in [5, 5.41) is 21.2. The van der Waals surface area contributed by atoms with Crippen LogP contribution in [0, 0.1) is 0 Å². The number of aliphatic hydroxyl groups is 1. The van der Waals surface area contributed by atoms with E-state index in [0.29, 0.717) is 6.29 Å². The summed E-state index contributed by atoms with van der Waals surface area (Å²) < 4.78 is 9.80. The molecule has 102 valence electrons. The molecule has 1 saturated heterocycles. The van der Waals surface area contributed by atoms with E-state index >= 15 is 0 Å². The first kappa shape index (κ1) is 14.6. The minimum atomic E-state index is -2.08. The monoisotopic (exact) mass is 261 g/mol. The lowest BCUT2D eigenvalue weighted by molar-refractivity contribution is -0.279. The molecule has 4 unspecified atom stereocenters. The highest BCUT2D eigenvalue weighted by molar-refractivity contribution is 5.78. The summed E-state index contributed by atoms with van der Waals surface area (Å²) in [6, 6.07) is -0.998. The Kier molecular flexibility index (Phi) is 4.38. The van der Waals surface area contributed by atoms with Crippen molar-refractivity contribution in [3.8, 4) is 0 Å². The fourth-order valence-electron chi connectivity index (χ4n) is 1.84. The molecule has 0 aromatic carbocycles. The van der Waals surface area contributed by atoms with Crippen LogP contribution in [0.2, 0.25) is 0 Å². The first-order chi connectivity index (χ1) is 8.36. The Labute approximate surface area is 103 Å². The molecule has 3 N–H and O–H groups in total. The van der Waals surface area contributed by atoms with Crippen LogP contribution in [0.4, 0.5) is 0 Å². The highest BCUT2D eigenvalue weighted by Gasteiger charge is 2.52. The normalized spacial score (nSPS) is 35.8. The van der Waals surface area contributed by atoms with Gasteiger partial charge in [0.15, 0.2) is 6.29 Å². The lowest BCUT2D eigenvalue weighted by atomic mass is 9.93. The van der Waals surface area contributed by atoms with Crippen molar-refractivity contribution < 1.29 is 34.1 Å². The Morgan fingerprint density at radius 2 is 2.17 bits per heavy atom. The van der Waals surface area contributed by atoms with Crippen molar-refractivity contribution in [2.75, 3.05) is 7.11 Å². The topological polar surface area (TPSA) is 122 Å². The van der Waals surface area contributed by atoms with Gasteiger partial charge in [0.05, 0.1) is 12.1 Å². The largest absolute Gasteiger partial charge is 0.477 e. The van der Waals surface area contributed by atoms with Gasteiger partial charge in [-0.1, -0.05) is 0 Å². The Morgan fingerprint density at radius 3 is 2.56 bits per heavy atom. The Bertz CT molecular complexity index is 358. The Balaban J connectivity index is 2.97. The molecule has 1 fully saturated rings. The van der Waals surface area contributed by atoms with Gasteiger partial charge in [-0.2, -0.15) is 0 Å². The van der Waals surface area contributed by atoms with Gasteiger partial charge >= 0.3 is 5.97 Å². The second kappa shape index (κ2) is 5.42. The van der Waals surface area contributed by atoms with Crippen LogP contribution in [0.3, 0.4) is 0 Å². The molecule has 1 rings (SSSR count). The lowest BCUT2D eigenvalue weighted by Crippen LogP contribution is -2.64. The van der Waals surface area contributed by atoms with Gasteiger partial charge in [0, 0.05) is 20.5 Å². The van der Waals surface area contributed by atoms with E-state index < -0.39 is 42.3 Å². The number of carboxylic acid groups (broad SMARTS) is 1. The van der Waals surface area contributed by atoms with E-state index in [1.165, 1.54) is 6.92 Å². The third-order valence-electron chi connectivity index (χ3n) is 2.73. The Hall–Kier alpha value is -1.51. The second-order valence-corrected chi connectivity index (χ2v) is 3.98. The maximum Gasteiger partial charge on any atom is 0.364 e. The molecule has 0 aromatic heterocycles. The van der Waals surface area contributed by atoms with E-state index in [1.807, 2.05) is 0 Å². The number of carbonyl (C=O) groups excluding carboxylic acids is 2. The highest BCUT2D eigenvalue weighted by atomic mass is 16.7. The molecule has 1 heterocycles. The smallest absolute Gasteiger partial charge is 0.364 e. The number of ether oxygens (including phenoxy) is 2. The molecule has 8 nitrogen and oxygen atoms in total. The van der Waals surface area contributed by atoms with Gasteiger partial charge in [-0.25, -0.2) is 4.79 Å². The average Bonchev–Trinajstić information content (AvgIpc) is 2.30. The zero-order valence-corrected chi connectivity index (χ0v) is 9.95. The maximum atomic E-state index is 11.1. The van der Waals surface area contributed by atoms with Gasteiger partial charge in [-0.3, -0.25) is 4.79 Å². The average molecular weight is 261 g/mol. The highest BCUT2D eigenvalue weighted by Crippen LogP contribution is 2.30. The number of hydrogen-bond donors (Lipinski definition) is 3. The van der Waals surface area contributed by atoms with Gasteiger partial charge in [-0.15, -0.1) is 0 Å². The summed E-state index contributed by atoms with van der Waals surface area (Å²) >= 11 is 0. The molecule has 0 spiro atoms. The quantitative estimate of drug-likeness (QED) is 0.514. The zero-order chi connectivity index (χ0) is 13.9. The van der Waals surface area contributed by atoms with Crippen molar-refractivity contribution in [2.45, 2.75) is 37.4 Å². The maximum absolute atomic E-state index is 11.1. The number of methoxy groups -OCH3 is 1. The molecule has 0 aliphatic carbocycles. The standard InChI is InChI=1S/C10H15NO7/c1-5(13)11-8-6(14)3-10(17-2,9(15)16)18-7(8)4-12/h4,6-8,14H,3H2,1-2H3,(H,11,13)(H,15,16). The van der Waals surface area contributed by atoms with Crippen molar-refractivity contribution in [2.24, 2.45) is 0 Å². The molecule has 1 aliphatic heterocycles. The summed E-state index contributed by atoms with van der Waals surface area (Å²) in [6.45, 7) is 1.21. The molecule has 18 heavy (non-hydrogen) atoms. The number of carboxylic acids is 1. The van der Waals surface area contributed by atoms with E-state index in [2.05, 4.69) is 5.32 Å². The second-order valence-electron chi connectivity index (χ2n) is 3.98. The number of nitrogens with one attached hydrogen (secondary N) is 1. The third-order valence-corrected chi connectivity index (χ3v) is 2.73. The fourth-order valence-corrected chi connectivity index (χ4v) is 1.84. The van der Waals surface area contributed by atoms with Crippen LogP contribution in [0.5, 0.6) is 0 Å². The van der Waals surface area contributed by atoms with E-state index in [0.717, 1.165) is 7.11 Å². The minimum absolute atomic E-state index is 0.319. The van der Waals surface area contributed by atoms with Crippen molar-refractivity contribution in [1.82, 2.24) is 5.32 Å². The van der Waals surface area contributed by atoms with Crippen molar-refractivity contribution in [3.63, 3.8) is 0 Å². The Morgan fingerprint density at radius 1 is 1.56 bits per heavy atom. The molecular formula is C10H15NO7. The molecule has 8 heteroatoms. The summed E-state index contributed by atoms with van der Waals surface area (Å²) in [5.74, 6) is -3.99. The molecule has 1 amide bonds. The van der Waals surface area contributed by atoms with Crippen molar-refractivity contribution in [3.05, 3.63) is 0 Å². The zero-order valence-electron chi connectivity index (χ0n) is 9.95. The number of aldehydes is 1. The molecule has 0 saturated carbocycles. The van der Waals surface area contributed by atoms with Crippen LogP contribution in [0.1, 0.15) is 13.3 Å². The summed E-state index contributed by atoms with van der Waals surface area (Å²) in [7, 11) is 1.10. The van der Waals surface area contributed by atoms with Crippen LogP contribution < -0.4 is 5.32 Å². The SMILES string of the molecule is COC1(C(=O)O)CC(O)C(NC(C)=O)C(C=O)O1. The van der Waals surface area contributed by atoms with Gasteiger partial charge in [0.25, 0.3) is 5.79 Å². The third kappa shape index (κ3) is 2.66. The molecule has 0 radical (unpaired) electrons. The van der Waals surface area contributed by atoms with E-state index in [9.17, 15) is 19.5 Å². The van der Waals surface area contributed by atoms with Gasteiger partial charge in [0.2, 0.25) is 5.91 Å². The van der Waals surface area contributed by atoms with Crippen molar-refractivity contribution >= 4 is 18.2 Å². The summed E-state index contributed by atoms with van der Waals surface area (Å²) in [6.07, 6.45) is -2.64. The number of amides is 1. The fraction of sp³-hybridized carbons (Fsp3) is 0.700.